The van der Waals surface area contributed by atoms with Crippen molar-refractivity contribution < 1.29 is 17.9 Å². The van der Waals surface area contributed by atoms with Crippen molar-refractivity contribution in [2.75, 3.05) is 18.1 Å². The molecule has 1 aliphatic heterocycles. The van der Waals surface area contributed by atoms with Gasteiger partial charge >= 0.3 is 6.18 Å². The molecule has 0 saturated heterocycles. The maximum atomic E-state index is 13.1. The molecule has 0 unspecified atom stereocenters. The zero-order chi connectivity index (χ0) is 15.7. The van der Waals surface area contributed by atoms with Crippen LogP contribution in [0.4, 0.5) is 19.0 Å². The molecule has 4 nitrogen and oxygen atoms in total. The Labute approximate surface area is 129 Å². The minimum Gasteiger partial charge on any atom is -0.486 e. The quantitative estimate of drug-likeness (QED) is 0.790. The molecule has 1 aliphatic rings. The third-order valence-electron chi connectivity index (χ3n) is 3.31. The van der Waals surface area contributed by atoms with Crippen LogP contribution in [0.2, 0.25) is 5.28 Å². The van der Waals surface area contributed by atoms with Gasteiger partial charge in [0.25, 0.3) is 0 Å². The molecule has 1 aromatic carbocycles. The van der Waals surface area contributed by atoms with Crippen LogP contribution in [-0.2, 0) is 12.7 Å². The fourth-order valence-electron chi connectivity index (χ4n) is 2.34. The molecule has 0 fully saturated rings. The Morgan fingerprint density at radius 1 is 1.27 bits per heavy atom. The van der Waals surface area contributed by atoms with Gasteiger partial charge in [0, 0.05) is 6.54 Å². The molecule has 0 saturated carbocycles. The van der Waals surface area contributed by atoms with Crippen molar-refractivity contribution in [1.82, 2.24) is 9.97 Å². The second-order valence-electron chi connectivity index (χ2n) is 4.75. The topological polar surface area (TPSA) is 38.2 Å². The molecular formula is C14H11ClF3N3O. The number of hydrogen-bond donors (Lipinski definition) is 0. The predicted octanol–water partition coefficient (Wildman–Crippen LogP) is 3.55. The maximum absolute atomic E-state index is 13.1. The van der Waals surface area contributed by atoms with Crippen molar-refractivity contribution in [2.24, 2.45) is 0 Å². The highest BCUT2D eigenvalue weighted by atomic mass is 35.5. The average molecular weight is 330 g/mol. The average Bonchev–Trinajstić information content (AvgIpc) is 2.47. The standard InChI is InChI=1S/C14H11ClF3N3O/c15-13-19-7-11-12(20-13)21(5-6-22-11)8-9-3-1-2-4-10(9)14(16,17)18/h1-4,7H,5-6,8H2. The Morgan fingerprint density at radius 3 is 2.82 bits per heavy atom. The first-order valence-electron chi connectivity index (χ1n) is 6.50. The Morgan fingerprint density at radius 2 is 2.05 bits per heavy atom. The number of benzene rings is 1. The predicted molar refractivity (Wildman–Crippen MR) is 75.0 cm³/mol. The first kappa shape index (κ1) is 14.9. The largest absolute Gasteiger partial charge is 0.486 e. The lowest BCUT2D eigenvalue weighted by Crippen LogP contribution is -2.33. The third-order valence-corrected chi connectivity index (χ3v) is 3.49. The van der Waals surface area contributed by atoms with Crippen molar-refractivity contribution in [3.05, 3.63) is 46.9 Å². The first-order chi connectivity index (χ1) is 10.4. The summed E-state index contributed by atoms with van der Waals surface area (Å²) in [5, 5.41) is 0.0263. The van der Waals surface area contributed by atoms with E-state index >= 15 is 0 Å². The van der Waals surface area contributed by atoms with Crippen molar-refractivity contribution in [1.29, 1.82) is 0 Å². The van der Waals surface area contributed by atoms with Gasteiger partial charge in [-0.05, 0) is 23.2 Å². The van der Waals surface area contributed by atoms with Crippen molar-refractivity contribution in [3.63, 3.8) is 0 Å². The fourth-order valence-corrected chi connectivity index (χ4v) is 2.46. The smallest absolute Gasteiger partial charge is 0.416 e. The molecule has 0 spiro atoms. The molecule has 0 bridgehead atoms. The molecule has 2 heterocycles. The summed E-state index contributed by atoms with van der Waals surface area (Å²) in [6.45, 7) is 0.845. The van der Waals surface area contributed by atoms with Gasteiger partial charge in [-0.15, -0.1) is 0 Å². The molecule has 0 atom stereocenters. The lowest BCUT2D eigenvalue weighted by molar-refractivity contribution is -0.138. The zero-order valence-electron chi connectivity index (χ0n) is 11.3. The van der Waals surface area contributed by atoms with Crippen LogP contribution in [-0.4, -0.2) is 23.1 Å². The second-order valence-corrected chi connectivity index (χ2v) is 5.09. The number of anilines is 1. The van der Waals surface area contributed by atoms with E-state index in [9.17, 15) is 13.2 Å². The molecule has 1 aromatic heterocycles. The summed E-state index contributed by atoms with van der Waals surface area (Å²) in [6, 6.07) is 5.49. The molecule has 0 radical (unpaired) electrons. The second kappa shape index (κ2) is 5.64. The monoisotopic (exact) mass is 329 g/mol. The SMILES string of the molecule is FC(F)(F)c1ccccc1CN1CCOc2cnc(Cl)nc21. The van der Waals surface area contributed by atoms with E-state index in [-0.39, 0.29) is 17.4 Å². The lowest BCUT2D eigenvalue weighted by atomic mass is 10.1. The van der Waals surface area contributed by atoms with Crippen LogP contribution in [0.5, 0.6) is 5.75 Å². The van der Waals surface area contributed by atoms with Gasteiger partial charge in [-0.1, -0.05) is 18.2 Å². The first-order valence-corrected chi connectivity index (χ1v) is 6.88. The van der Waals surface area contributed by atoms with E-state index in [0.29, 0.717) is 24.7 Å². The molecule has 2 aromatic rings. The summed E-state index contributed by atoms with van der Waals surface area (Å²) in [4.78, 5) is 9.58. The Hall–Kier alpha value is -2.02. The molecule has 0 amide bonds. The van der Waals surface area contributed by atoms with E-state index < -0.39 is 11.7 Å². The fraction of sp³-hybridized carbons (Fsp3) is 0.286. The summed E-state index contributed by atoms with van der Waals surface area (Å²) < 4.78 is 44.6. The Kier molecular flexibility index (Phi) is 3.82. The van der Waals surface area contributed by atoms with Gasteiger partial charge in [0.15, 0.2) is 11.6 Å². The van der Waals surface area contributed by atoms with E-state index in [4.69, 9.17) is 16.3 Å². The summed E-state index contributed by atoms with van der Waals surface area (Å²) in [7, 11) is 0. The summed E-state index contributed by atoms with van der Waals surface area (Å²) >= 11 is 5.76. The lowest BCUT2D eigenvalue weighted by Gasteiger charge is -2.30. The highest BCUT2D eigenvalue weighted by Crippen LogP contribution is 2.35. The molecule has 0 N–H and O–H groups in total. The molecule has 0 aliphatic carbocycles. The van der Waals surface area contributed by atoms with E-state index in [0.717, 1.165) is 6.07 Å². The van der Waals surface area contributed by atoms with Gasteiger partial charge in [0.05, 0.1) is 18.3 Å². The van der Waals surface area contributed by atoms with Crippen LogP contribution >= 0.6 is 11.6 Å². The van der Waals surface area contributed by atoms with Crippen LogP contribution in [0, 0.1) is 0 Å². The molecule has 3 rings (SSSR count). The van der Waals surface area contributed by atoms with Crippen molar-refractivity contribution in [3.8, 4) is 5.75 Å². The van der Waals surface area contributed by atoms with Gasteiger partial charge in [0.1, 0.15) is 6.61 Å². The minimum absolute atomic E-state index is 0.0263. The number of fused-ring (bicyclic) bond motifs is 1. The number of alkyl halides is 3. The third kappa shape index (κ3) is 2.94. The maximum Gasteiger partial charge on any atom is 0.416 e. The number of nitrogens with zero attached hydrogens (tertiary/aromatic N) is 3. The van der Waals surface area contributed by atoms with E-state index in [1.807, 2.05) is 0 Å². The van der Waals surface area contributed by atoms with Crippen LogP contribution in [0.1, 0.15) is 11.1 Å². The van der Waals surface area contributed by atoms with E-state index in [1.165, 1.54) is 18.3 Å². The number of aromatic nitrogens is 2. The Bertz CT molecular complexity index is 693. The van der Waals surface area contributed by atoms with Gasteiger partial charge < -0.3 is 9.64 Å². The van der Waals surface area contributed by atoms with Crippen LogP contribution in [0.25, 0.3) is 0 Å². The molecule has 116 valence electrons. The zero-order valence-corrected chi connectivity index (χ0v) is 12.0. The minimum atomic E-state index is -4.39. The van der Waals surface area contributed by atoms with Crippen LogP contribution < -0.4 is 9.64 Å². The van der Waals surface area contributed by atoms with Crippen LogP contribution in [0.15, 0.2) is 30.5 Å². The van der Waals surface area contributed by atoms with Crippen LogP contribution in [0.3, 0.4) is 0 Å². The normalized spacial score (nSPS) is 14.5. The summed E-state index contributed by atoms with van der Waals surface area (Å²) in [5.41, 5.74) is -0.472. The van der Waals surface area contributed by atoms with E-state index in [1.54, 1.807) is 11.0 Å². The Balaban J connectivity index is 1.95. The van der Waals surface area contributed by atoms with Gasteiger partial charge in [-0.25, -0.2) is 4.98 Å². The highest BCUT2D eigenvalue weighted by molar-refractivity contribution is 6.28. The van der Waals surface area contributed by atoms with Gasteiger partial charge in [-0.2, -0.15) is 18.2 Å². The van der Waals surface area contributed by atoms with Gasteiger partial charge in [0.2, 0.25) is 5.28 Å². The summed E-state index contributed by atoms with van der Waals surface area (Å²) in [6.07, 6.45) is -2.97. The van der Waals surface area contributed by atoms with Crippen molar-refractivity contribution in [2.45, 2.75) is 12.7 Å². The van der Waals surface area contributed by atoms with Crippen molar-refractivity contribution >= 4 is 17.4 Å². The molecule has 8 heteroatoms. The molecular weight excluding hydrogens is 319 g/mol. The van der Waals surface area contributed by atoms with E-state index in [2.05, 4.69) is 9.97 Å². The number of rotatable bonds is 2. The number of halogens is 4. The highest BCUT2D eigenvalue weighted by Gasteiger charge is 2.33. The van der Waals surface area contributed by atoms with Gasteiger partial charge in [-0.3, -0.25) is 0 Å². The number of ether oxygens (including phenoxy) is 1. The molecule has 22 heavy (non-hydrogen) atoms. The summed E-state index contributed by atoms with van der Waals surface area (Å²) in [5.74, 6) is 0.823. The number of hydrogen-bond acceptors (Lipinski definition) is 4.